The zero-order chi connectivity index (χ0) is 39.7. The zero-order valence-electron chi connectivity index (χ0n) is 36.9. The van der Waals surface area contributed by atoms with E-state index in [-0.39, 0.29) is 23.9 Å². The third-order valence-corrected chi connectivity index (χ3v) is 10.8. The minimum absolute atomic E-state index is 0.00614. The van der Waals surface area contributed by atoms with E-state index in [1.807, 2.05) is 14.1 Å². The van der Waals surface area contributed by atoms with Crippen LogP contribution in [0.4, 0.5) is 0 Å². The van der Waals surface area contributed by atoms with Crippen molar-refractivity contribution < 1.29 is 23.9 Å². The molecular weight excluding hydrogens is 673 g/mol. The molecule has 0 aliphatic carbocycles. The van der Waals surface area contributed by atoms with Gasteiger partial charge in [-0.1, -0.05) is 162 Å². The highest BCUT2D eigenvalue weighted by Gasteiger charge is 2.15. The van der Waals surface area contributed by atoms with Gasteiger partial charge in [0.05, 0.1) is 6.61 Å². The second kappa shape index (κ2) is 41.0. The minimum Gasteiger partial charge on any atom is -0.466 e. The van der Waals surface area contributed by atoms with Crippen molar-refractivity contribution in [3.63, 3.8) is 0 Å². The molecule has 320 valence electrons. The van der Waals surface area contributed by atoms with E-state index in [0.717, 1.165) is 110 Å². The summed E-state index contributed by atoms with van der Waals surface area (Å²) >= 11 is 0. The van der Waals surface area contributed by atoms with E-state index in [1.54, 1.807) is 0 Å². The largest absolute Gasteiger partial charge is 0.466 e. The van der Waals surface area contributed by atoms with E-state index in [2.05, 4.69) is 30.6 Å². The molecule has 0 saturated carbocycles. The molecular formula is C47H92N2O5. The molecule has 7 nitrogen and oxygen atoms in total. The van der Waals surface area contributed by atoms with Crippen molar-refractivity contribution in [3.8, 4) is 0 Å². The Morgan fingerprint density at radius 3 is 1.28 bits per heavy atom. The van der Waals surface area contributed by atoms with Crippen molar-refractivity contribution in [2.75, 3.05) is 40.3 Å². The van der Waals surface area contributed by atoms with Crippen LogP contribution in [0.2, 0.25) is 0 Å². The van der Waals surface area contributed by atoms with E-state index >= 15 is 0 Å². The predicted octanol–water partition coefficient (Wildman–Crippen LogP) is 13.2. The smallest absolute Gasteiger partial charge is 0.306 e. The first-order chi connectivity index (χ1) is 26.3. The molecule has 0 aliphatic heterocycles. The number of amides is 1. The minimum atomic E-state index is -0.0511. The van der Waals surface area contributed by atoms with Gasteiger partial charge in [-0.05, 0) is 71.9 Å². The lowest BCUT2D eigenvalue weighted by molar-refractivity contribution is -0.150. The molecule has 7 heteroatoms. The molecule has 0 aliphatic rings. The van der Waals surface area contributed by atoms with Crippen LogP contribution in [-0.4, -0.2) is 74.1 Å². The summed E-state index contributed by atoms with van der Waals surface area (Å²) in [6, 6.07) is 0. The second-order valence-electron chi connectivity index (χ2n) is 16.5. The Kier molecular flexibility index (Phi) is 39.8. The third-order valence-electron chi connectivity index (χ3n) is 10.8. The summed E-state index contributed by atoms with van der Waals surface area (Å²) in [5.41, 5.74) is 0. The summed E-state index contributed by atoms with van der Waals surface area (Å²) in [6.45, 7) is 9.73. The molecule has 0 saturated heterocycles. The number of unbranched alkanes of at least 4 members (excludes halogenated alkanes) is 24. The van der Waals surface area contributed by atoms with Gasteiger partial charge in [0.25, 0.3) is 0 Å². The number of hydrogen-bond acceptors (Lipinski definition) is 6. The van der Waals surface area contributed by atoms with Crippen LogP contribution < -0.4 is 0 Å². The first-order valence-electron chi connectivity index (χ1n) is 23.6. The highest BCUT2D eigenvalue weighted by Crippen LogP contribution is 2.19. The molecule has 0 N–H and O–H groups in total. The van der Waals surface area contributed by atoms with Crippen LogP contribution in [0.3, 0.4) is 0 Å². The van der Waals surface area contributed by atoms with Gasteiger partial charge in [-0.15, -0.1) is 0 Å². The number of nitrogens with zero attached hydrogens (tertiary/aromatic N) is 2. The molecule has 0 spiro atoms. The Bertz CT molecular complexity index is 819. The van der Waals surface area contributed by atoms with Gasteiger partial charge in [0.15, 0.2) is 0 Å². The number of rotatable bonds is 42. The summed E-state index contributed by atoms with van der Waals surface area (Å²) in [5.74, 6) is 0.199. The molecule has 0 aromatic heterocycles. The van der Waals surface area contributed by atoms with Gasteiger partial charge in [0.1, 0.15) is 6.10 Å². The summed E-state index contributed by atoms with van der Waals surface area (Å²) < 4.78 is 11.5. The highest BCUT2D eigenvalue weighted by atomic mass is 16.5. The molecule has 0 aromatic carbocycles. The normalized spacial score (nSPS) is 11.5. The Morgan fingerprint density at radius 2 is 0.815 bits per heavy atom. The maximum Gasteiger partial charge on any atom is 0.306 e. The maximum absolute atomic E-state index is 13.1. The van der Waals surface area contributed by atoms with Crippen molar-refractivity contribution in [2.45, 2.75) is 245 Å². The van der Waals surface area contributed by atoms with Crippen molar-refractivity contribution in [3.05, 3.63) is 0 Å². The Labute approximate surface area is 336 Å². The van der Waals surface area contributed by atoms with Crippen molar-refractivity contribution in [1.29, 1.82) is 0 Å². The molecule has 0 fully saturated rings. The average molecular weight is 765 g/mol. The standard InChI is InChI=1S/C47H92N2O5/c1-6-9-12-15-18-27-34-43-53-46(51)37-30-23-19-25-32-40-49(45(50)39-42-48(4)5)41-33-26-20-24-31-38-47(52)54-44(35-28-21-16-13-10-7-2)36-29-22-17-14-11-8-3/h44H,6-43H2,1-5H3. The Morgan fingerprint density at radius 1 is 0.426 bits per heavy atom. The van der Waals surface area contributed by atoms with Gasteiger partial charge in [-0.2, -0.15) is 0 Å². The fraction of sp³-hybridized carbons (Fsp3) is 0.936. The van der Waals surface area contributed by atoms with E-state index in [0.29, 0.717) is 25.9 Å². The third kappa shape index (κ3) is 37.3. The van der Waals surface area contributed by atoms with Gasteiger partial charge >= 0.3 is 11.9 Å². The van der Waals surface area contributed by atoms with E-state index in [1.165, 1.54) is 109 Å². The Hall–Kier alpha value is -1.63. The van der Waals surface area contributed by atoms with Crippen LogP contribution in [0.25, 0.3) is 0 Å². The van der Waals surface area contributed by atoms with E-state index < -0.39 is 0 Å². The van der Waals surface area contributed by atoms with Gasteiger partial charge in [-0.25, -0.2) is 0 Å². The molecule has 0 atom stereocenters. The monoisotopic (exact) mass is 765 g/mol. The number of esters is 2. The van der Waals surface area contributed by atoms with Crippen molar-refractivity contribution in [2.24, 2.45) is 0 Å². The molecule has 0 rings (SSSR count). The van der Waals surface area contributed by atoms with E-state index in [4.69, 9.17) is 9.47 Å². The van der Waals surface area contributed by atoms with E-state index in [9.17, 15) is 14.4 Å². The van der Waals surface area contributed by atoms with Crippen LogP contribution in [0.5, 0.6) is 0 Å². The van der Waals surface area contributed by atoms with Crippen molar-refractivity contribution >= 4 is 17.8 Å². The van der Waals surface area contributed by atoms with Gasteiger partial charge in [-0.3, -0.25) is 14.4 Å². The molecule has 54 heavy (non-hydrogen) atoms. The van der Waals surface area contributed by atoms with Crippen LogP contribution >= 0.6 is 0 Å². The van der Waals surface area contributed by atoms with Gasteiger partial charge in [0.2, 0.25) is 5.91 Å². The molecule has 0 radical (unpaired) electrons. The summed E-state index contributed by atoms with van der Waals surface area (Å²) in [4.78, 5) is 42.0. The molecule has 1 amide bonds. The first kappa shape index (κ1) is 52.4. The number of carbonyl (C=O) groups excluding carboxylic acids is 3. The molecule has 0 bridgehead atoms. The van der Waals surface area contributed by atoms with Crippen LogP contribution in [-0.2, 0) is 23.9 Å². The fourth-order valence-electron chi connectivity index (χ4n) is 7.17. The number of hydrogen-bond donors (Lipinski definition) is 0. The summed E-state index contributed by atoms with van der Waals surface area (Å²) in [5, 5.41) is 0. The first-order valence-corrected chi connectivity index (χ1v) is 23.6. The topological polar surface area (TPSA) is 76.1 Å². The number of carbonyl (C=O) groups is 3. The SMILES string of the molecule is CCCCCCCCCOC(=O)CCCCCCCN(CCCCCCCC(=O)OC(CCCCCCCC)CCCCCCCC)C(=O)CCN(C)C. The molecule has 0 heterocycles. The summed E-state index contributed by atoms with van der Waals surface area (Å²) in [6.07, 6.45) is 37.9. The van der Waals surface area contributed by atoms with Gasteiger partial charge in [0, 0.05) is 38.9 Å². The summed E-state index contributed by atoms with van der Waals surface area (Å²) in [7, 11) is 4.04. The quantitative estimate of drug-likeness (QED) is 0.0455. The lowest BCUT2D eigenvalue weighted by Gasteiger charge is -2.24. The van der Waals surface area contributed by atoms with Crippen LogP contribution in [0, 0.1) is 0 Å². The lowest BCUT2D eigenvalue weighted by atomic mass is 10.0. The van der Waals surface area contributed by atoms with Crippen LogP contribution in [0.15, 0.2) is 0 Å². The zero-order valence-corrected chi connectivity index (χ0v) is 36.9. The average Bonchev–Trinajstić information content (AvgIpc) is 3.15. The number of ether oxygens (including phenoxy) is 2. The second-order valence-corrected chi connectivity index (χ2v) is 16.5. The fourth-order valence-corrected chi connectivity index (χ4v) is 7.17. The lowest BCUT2D eigenvalue weighted by Crippen LogP contribution is -2.34. The Balaban J connectivity index is 4.29. The molecule has 0 aromatic rings. The van der Waals surface area contributed by atoms with Crippen LogP contribution in [0.1, 0.15) is 239 Å². The maximum atomic E-state index is 13.1. The van der Waals surface area contributed by atoms with Gasteiger partial charge < -0.3 is 19.3 Å². The predicted molar refractivity (Wildman–Crippen MR) is 230 cm³/mol. The highest BCUT2D eigenvalue weighted by molar-refractivity contribution is 5.76. The van der Waals surface area contributed by atoms with Crippen molar-refractivity contribution in [1.82, 2.24) is 9.80 Å². The molecule has 0 unspecified atom stereocenters.